The van der Waals surface area contributed by atoms with Crippen molar-refractivity contribution in [2.75, 3.05) is 18.4 Å². The summed E-state index contributed by atoms with van der Waals surface area (Å²) >= 11 is 0. The predicted molar refractivity (Wildman–Crippen MR) is 81.4 cm³/mol. The highest BCUT2D eigenvalue weighted by Gasteiger charge is 2.28. The molecule has 1 aliphatic rings. The van der Waals surface area contributed by atoms with Gasteiger partial charge in [-0.1, -0.05) is 26.3 Å². The van der Waals surface area contributed by atoms with Crippen molar-refractivity contribution in [1.82, 2.24) is 9.88 Å². The van der Waals surface area contributed by atoms with Gasteiger partial charge in [-0.2, -0.15) is 0 Å². The highest BCUT2D eigenvalue weighted by molar-refractivity contribution is 5.35. The van der Waals surface area contributed by atoms with Crippen LogP contribution in [-0.2, 0) is 6.54 Å². The summed E-state index contributed by atoms with van der Waals surface area (Å²) < 4.78 is 0. The molecule has 1 aliphatic carbocycles. The number of hydrogen-bond acceptors (Lipinski definition) is 3. The third kappa shape index (κ3) is 4.83. The quantitative estimate of drug-likeness (QED) is 0.735. The van der Waals surface area contributed by atoms with E-state index >= 15 is 0 Å². The first-order valence-electron chi connectivity index (χ1n) is 7.77. The number of unbranched alkanes of at least 4 members (excludes halogenated alkanes) is 1. The van der Waals surface area contributed by atoms with Crippen LogP contribution < -0.4 is 5.32 Å². The van der Waals surface area contributed by atoms with Crippen LogP contribution in [0.3, 0.4) is 0 Å². The Hall–Kier alpha value is -1.09. The van der Waals surface area contributed by atoms with E-state index in [-0.39, 0.29) is 0 Å². The van der Waals surface area contributed by atoms with Gasteiger partial charge in [0.05, 0.1) is 5.69 Å². The van der Waals surface area contributed by atoms with Crippen LogP contribution in [0.5, 0.6) is 0 Å². The molecule has 0 unspecified atom stereocenters. The van der Waals surface area contributed by atoms with Gasteiger partial charge in [-0.3, -0.25) is 4.90 Å². The van der Waals surface area contributed by atoms with Crippen LogP contribution in [-0.4, -0.2) is 29.0 Å². The smallest absolute Gasteiger partial charge is 0.126 e. The molecule has 1 aromatic heterocycles. The SMILES string of the molecule is CCCCN(Cc1cccc(NCCC)n1)C1CC1. The molecule has 19 heavy (non-hydrogen) atoms. The van der Waals surface area contributed by atoms with Crippen molar-refractivity contribution in [2.45, 2.75) is 58.5 Å². The standard InChI is InChI=1S/C16H27N3/c1-3-5-12-19(15-9-10-15)13-14-7-6-8-16(18-14)17-11-4-2/h6-8,15H,3-5,9-13H2,1-2H3,(H,17,18). The average Bonchev–Trinajstić information content (AvgIpc) is 3.26. The first-order valence-corrected chi connectivity index (χ1v) is 7.77. The molecule has 0 aromatic carbocycles. The Morgan fingerprint density at radius 3 is 2.79 bits per heavy atom. The van der Waals surface area contributed by atoms with E-state index in [1.54, 1.807) is 0 Å². The molecule has 0 aliphatic heterocycles. The van der Waals surface area contributed by atoms with Crippen LogP contribution in [0.4, 0.5) is 5.82 Å². The zero-order valence-electron chi connectivity index (χ0n) is 12.4. The Morgan fingerprint density at radius 2 is 2.11 bits per heavy atom. The summed E-state index contributed by atoms with van der Waals surface area (Å²) in [4.78, 5) is 7.32. The van der Waals surface area contributed by atoms with E-state index in [1.807, 2.05) is 0 Å². The molecule has 0 spiro atoms. The molecule has 3 nitrogen and oxygen atoms in total. The monoisotopic (exact) mass is 261 g/mol. The minimum absolute atomic E-state index is 0.820. The molecule has 0 amide bonds. The lowest BCUT2D eigenvalue weighted by Gasteiger charge is -2.21. The lowest BCUT2D eigenvalue weighted by Crippen LogP contribution is -2.27. The van der Waals surface area contributed by atoms with Gasteiger partial charge < -0.3 is 5.32 Å². The molecular weight excluding hydrogens is 234 g/mol. The van der Waals surface area contributed by atoms with E-state index in [1.165, 1.54) is 37.9 Å². The van der Waals surface area contributed by atoms with Crippen LogP contribution in [0.2, 0.25) is 0 Å². The molecule has 2 rings (SSSR count). The molecule has 0 saturated heterocycles. The lowest BCUT2D eigenvalue weighted by molar-refractivity contribution is 0.248. The Morgan fingerprint density at radius 1 is 1.26 bits per heavy atom. The van der Waals surface area contributed by atoms with Crippen molar-refractivity contribution in [3.8, 4) is 0 Å². The van der Waals surface area contributed by atoms with Crippen LogP contribution >= 0.6 is 0 Å². The lowest BCUT2D eigenvalue weighted by atomic mass is 10.2. The second-order valence-electron chi connectivity index (χ2n) is 5.50. The highest BCUT2D eigenvalue weighted by atomic mass is 15.2. The summed E-state index contributed by atoms with van der Waals surface area (Å²) in [5, 5.41) is 3.37. The summed E-state index contributed by atoms with van der Waals surface area (Å²) in [5.41, 5.74) is 1.20. The Labute approximate surface area is 117 Å². The number of anilines is 1. The molecule has 1 saturated carbocycles. The molecule has 0 radical (unpaired) electrons. The van der Waals surface area contributed by atoms with E-state index in [0.29, 0.717) is 0 Å². The molecule has 106 valence electrons. The van der Waals surface area contributed by atoms with Crippen molar-refractivity contribution in [3.63, 3.8) is 0 Å². The minimum Gasteiger partial charge on any atom is -0.370 e. The maximum Gasteiger partial charge on any atom is 0.126 e. The van der Waals surface area contributed by atoms with Gasteiger partial charge in [0.15, 0.2) is 0 Å². The number of nitrogens with one attached hydrogen (secondary N) is 1. The number of rotatable bonds is 9. The molecule has 3 heteroatoms. The van der Waals surface area contributed by atoms with Crippen LogP contribution in [0, 0.1) is 0 Å². The molecule has 1 heterocycles. The third-order valence-electron chi connectivity index (χ3n) is 3.59. The van der Waals surface area contributed by atoms with Gasteiger partial charge in [-0.15, -0.1) is 0 Å². The molecule has 0 bridgehead atoms. The molecule has 0 atom stereocenters. The Kier molecular flexibility index (Phi) is 5.64. The van der Waals surface area contributed by atoms with Gasteiger partial charge >= 0.3 is 0 Å². The fourth-order valence-electron chi connectivity index (χ4n) is 2.32. The fourth-order valence-corrected chi connectivity index (χ4v) is 2.32. The molecule has 1 aromatic rings. The van der Waals surface area contributed by atoms with Crippen LogP contribution in [0.1, 0.15) is 51.6 Å². The molecule has 1 fully saturated rings. The summed E-state index contributed by atoms with van der Waals surface area (Å²) in [6.07, 6.45) is 6.45. The van der Waals surface area contributed by atoms with E-state index in [2.05, 4.69) is 42.3 Å². The van der Waals surface area contributed by atoms with E-state index < -0.39 is 0 Å². The van der Waals surface area contributed by atoms with Gasteiger partial charge in [-0.05, 0) is 44.4 Å². The molecule has 1 N–H and O–H groups in total. The molecular formula is C16H27N3. The predicted octanol–water partition coefficient (Wildman–Crippen LogP) is 3.67. The van der Waals surface area contributed by atoms with Crippen molar-refractivity contribution >= 4 is 5.82 Å². The summed E-state index contributed by atoms with van der Waals surface area (Å²) in [5.74, 6) is 1.02. The summed E-state index contributed by atoms with van der Waals surface area (Å²) in [6, 6.07) is 7.15. The van der Waals surface area contributed by atoms with Gasteiger partial charge in [0.2, 0.25) is 0 Å². The van der Waals surface area contributed by atoms with E-state index in [4.69, 9.17) is 4.98 Å². The largest absolute Gasteiger partial charge is 0.370 e. The second-order valence-corrected chi connectivity index (χ2v) is 5.50. The van der Waals surface area contributed by atoms with E-state index in [0.717, 1.165) is 31.4 Å². The Balaban J connectivity index is 1.92. The number of pyridine rings is 1. The average molecular weight is 261 g/mol. The van der Waals surface area contributed by atoms with Crippen molar-refractivity contribution < 1.29 is 0 Å². The Bertz CT molecular complexity index is 374. The first kappa shape index (κ1) is 14.3. The highest BCUT2D eigenvalue weighted by Crippen LogP contribution is 2.28. The fraction of sp³-hybridized carbons (Fsp3) is 0.688. The number of aromatic nitrogens is 1. The van der Waals surface area contributed by atoms with Gasteiger partial charge in [0.1, 0.15) is 5.82 Å². The van der Waals surface area contributed by atoms with Crippen LogP contribution in [0.25, 0.3) is 0 Å². The van der Waals surface area contributed by atoms with Gasteiger partial charge in [-0.25, -0.2) is 4.98 Å². The summed E-state index contributed by atoms with van der Waals surface area (Å²) in [6.45, 7) is 7.66. The minimum atomic E-state index is 0.820. The van der Waals surface area contributed by atoms with E-state index in [9.17, 15) is 0 Å². The second kappa shape index (κ2) is 7.49. The number of nitrogens with zero attached hydrogens (tertiary/aromatic N) is 2. The zero-order valence-corrected chi connectivity index (χ0v) is 12.4. The summed E-state index contributed by atoms with van der Waals surface area (Å²) in [7, 11) is 0. The third-order valence-corrected chi connectivity index (χ3v) is 3.59. The normalized spacial score (nSPS) is 14.9. The van der Waals surface area contributed by atoms with Crippen molar-refractivity contribution in [1.29, 1.82) is 0 Å². The topological polar surface area (TPSA) is 28.2 Å². The van der Waals surface area contributed by atoms with Crippen molar-refractivity contribution in [3.05, 3.63) is 23.9 Å². The maximum absolute atomic E-state index is 4.72. The van der Waals surface area contributed by atoms with Gasteiger partial charge in [0, 0.05) is 19.1 Å². The number of hydrogen-bond donors (Lipinski definition) is 1. The van der Waals surface area contributed by atoms with Crippen LogP contribution in [0.15, 0.2) is 18.2 Å². The van der Waals surface area contributed by atoms with Gasteiger partial charge in [0.25, 0.3) is 0 Å². The maximum atomic E-state index is 4.72. The van der Waals surface area contributed by atoms with Crippen molar-refractivity contribution in [2.24, 2.45) is 0 Å². The first-order chi connectivity index (χ1) is 9.33. The zero-order chi connectivity index (χ0) is 13.5.